The Labute approximate surface area is 202 Å². The second kappa shape index (κ2) is 12.3. The summed E-state index contributed by atoms with van der Waals surface area (Å²) in [6, 6.07) is 12.8. The molecule has 1 unspecified atom stereocenters. The molecule has 0 aromatic heterocycles. The summed E-state index contributed by atoms with van der Waals surface area (Å²) >= 11 is 0. The van der Waals surface area contributed by atoms with Crippen LogP contribution >= 0.6 is 0 Å². The Morgan fingerprint density at radius 3 is 2.35 bits per heavy atom. The molecule has 7 nitrogen and oxygen atoms in total. The average molecular weight is 469 g/mol. The van der Waals surface area contributed by atoms with Gasteiger partial charge in [0, 0.05) is 19.5 Å². The van der Waals surface area contributed by atoms with Crippen molar-refractivity contribution in [2.75, 3.05) is 26.9 Å². The zero-order valence-electron chi connectivity index (χ0n) is 20.6. The van der Waals surface area contributed by atoms with Crippen LogP contribution in [0.5, 0.6) is 17.2 Å². The molecular formula is C27H36N2O5. The van der Waals surface area contributed by atoms with E-state index < -0.39 is 6.04 Å². The topological polar surface area (TPSA) is 77.1 Å². The largest absolute Gasteiger partial charge is 0.497 e. The van der Waals surface area contributed by atoms with Crippen LogP contribution in [-0.2, 0) is 22.6 Å². The van der Waals surface area contributed by atoms with Crippen molar-refractivity contribution >= 4 is 11.8 Å². The van der Waals surface area contributed by atoms with Crippen LogP contribution in [0, 0.1) is 5.92 Å². The molecule has 3 rings (SSSR count). The Bertz CT molecular complexity index is 958. The zero-order chi connectivity index (χ0) is 24.5. The Kier molecular flexibility index (Phi) is 9.19. The molecule has 0 spiro atoms. The summed E-state index contributed by atoms with van der Waals surface area (Å²) in [5.74, 6) is 2.36. The first kappa shape index (κ1) is 25.4. The van der Waals surface area contributed by atoms with Gasteiger partial charge in [-0.2, -0.15) is 0 Å². The van der Waals surface area contributed by atoms with Gasteiger partial charge in [0.25, 0.3) is 0 Å². The van der Waals surface area contributed by atoms with Crippen molar-refractivity contribution in [3.63, 3.8) is 0 Å². The molecule has 1 atom stereocenters. The van der Waals surface area contributed by atoms with E-state index >= 15 is 0 Å². The maximum absolute atomic E-state index is 13.4. The van der Waals surface area contributed by atoms with Crippen molar-refractivity contribution in [1.29, 1.82) is 0 Å². The highest BCUT2D eigenvalue weighted by molar-refractivity contribution is 5.87. The number of methoxy groups -OCH3 is 1. The number of hydrogen-bond donors (Lipinski definition) is 1. The van der Waals surface area contributed by atoms with Gasteiger partial charge in [-0.25, -0.2) is 0 Å². The third-order valence-corrected chi connectivity index (χ3v) is 5.82. The Hall–Kier alpha value is -3.22. The number of benzene rings is 2. The number of hydrogen-bond acceptors (Lipinski definition) is 5. The fourth-order valence-corrected chi connectivity index (χ4v) is 3.91. The summed E-state index contributed by atoms with van der Waals surface area (Å²) in [5.41, 5.74) is 1.95. The third-order valence-electron chi connectivity index (χ3n) is 5.82. The van der Waals surface area contributed by atoms with Crippen molar-refractivity contribution in [3.8, 4) is 17.2 Å². The number of rotatable bonds is 11. The second-order valence-electron chi connectivity index (χ2n) is 8.91. The first-order valence-electron chi connectivity index (χ1n) is 12.0. The van der Waals surface area contributed by atoms with Gasteiger partial charge in [-0.3, -0.25) is 9.59 Å². The molecule has 2 amide bonds. The molecule has 1 aliphatic rings. The van der Waals surface area contributed by atoms with Gasteiger partial charge < -0.3 is 24.4 Å². The number of carbonyl (C=O) groups is 2. The van der Waals surface area contributed by atoms with E-state index in [1.54, 1.807) is 12.0 Å². The van der Waals surface area contributed by atoms with Gasteiger partial charge >= 0.3 is 0 Å². The molecule has 184 valence electrons. The highest BCUT2D eigenvalue weighted by Gasteiger charge is 2.28. The van der Waals surface area contributed by atoms with Crippen molar-refractivity contribution in [3.05, 3.63) is 53.6 Å². The van der Waals surface area contributed by atoms with Gasteiger partial charge in [0.1, 0.15) is 25.0 Å². The number of ether oxygens (including phenoxy) is 3. The standard InChI is InChI=1S/C27H36N2O5/c1-5-23(27(31)28-17-19(2)3)29(18-21-6-10-22(32-4)11-7-21)26(30)13-9-20-8-12-24-25(16-20)34-15-14-33-24/h6-8,10-12,16,19,23H,5,9,13-15,17-18H2,1-4H3,(H,28,31). The van der Waals surface area contributed by atoms with E-state index in [1.807, 2.05) is 49.4 Å². The Morgan fingerprint density at radius 2 is 1.71 bits per heavy atom. The number of aryl methyl sites for hydroxylation is 1. The molecule has 2 aromatic carbocycles. The molecule has 0 saturated carbocycles. The molecule has 0 saturated heterocycles. The van der Waals surface area contributed by atoms with Crippen molar-refractivity contribution in [1.82, 2.24) is 10.2 Å². The molecule has 0 bridgehead atoms. The number of amides is 2. The summed E-state index contributed by atoms with van der Waals surface area (Å²) in [6.45, 7) is 8.05. The van der Waals surface area contributed by atoms with Crippen LogP contribution < -0.4 is 19.5 Å². The van der Waals surface area contributed by atoms with Crippen LogP contribution in [0.1, 0.15) is 44.7 Å². The number of nitrogens with zero attached hydrogens (tertiary/aromatic N) is 1. The van der Waals surface area contributed by atoms with Gasteiger partial charge in [0.15, 0.2) is 11.5 Å². The van der Waals surface area contributed by atoms with E-state index in [0.717, 1.165) is 22.6 Å². The van der Waals surface area contributed by atoms with Crippen LogP contribution in [0.25, 0.3) is 0 Å². The van der Waals surface area contributed by atoms with E-state index in [2.05, 4.69) is 19.2 Å². The van der Waals surface area contributed by atoms with E-state index in [9.17, 15) is 9.59 Å². The fourth-order valence-electron chi connectivity index (χ4n) is 3.91. The quantitative estimate of drug-likeness (QED) is 0.540. The van der Waals surface area contributed by atoms with Crippen molar-refractivity contribution in [2.45, 2.75) is 52.6 Å². The van der Waals surface area contributed by atoms with E-state index in [0.29, 0.717) is 57.2 Å². The Balaban J connectivity index is 1.74. The minimum absolute atomic E-state index is 0.0581. The zero-order valence-corrected chi connectivity index (χ0v) is 20.6. The van der Waals surface area contributed by atoms with Crippen molar-refractivity contribution in [2.24, 2.45) is 5.92 Å². The highest BCUT2D eigenvalue weighted by Crippen LogP contribution is 2.31. The SMILES string of the molecule is CCC(C(=O)NCC(C)C)N(Cc1ccc(OC)cc1)C(=O)CCc1ccc2c(c1)OCCO2. The summed E-state index contributed by atoms with van der Waals surface area (Å²) in [6.07, 6.45) is 1.39. The minimum Gasteiger partial charge on any atom is -0.497 e. The molecule has 2 aromatic rings. The molecular weight excluding hydrogens is 432 g/mol. The molecule has 1 heterocycles. The van der Waals surface area contributed by atoms with Crippen LogP contribution in [0.4, 0.5) is 0 Å². The van der Waals surface area contributed by atoms with Crippen molar-refractivity contribution < 1.29 is 23.8 Å². The van der Waals surface area contributed by atoms with Gasteiger partial charge in [-0.1, -0.05) is 39.0 Å². The lowest BCUT2D eigenvalue weighted by molar-refractivity contribution is -0.141. The number of carbonyl (C=O) groups excluding carboxylic acids is 2. The average Bonchev–Trinajstić information content (AvgIpc) is 2.86. The first-order chi connectivity index (χ1) is 16.4. The lowest BCUT2D eigenvalue weighted by atomic mass is 10.1. The maximum Gasteiger partial charge on any atom is 0.242 e. The monoisotopic (exact) mass is 468 g/mol. The summed E-state index contributed by atoms with van der Waals surface area (Å²) in [5, 5.41) is 3.00. The molecule has 0 fully saturated rings. The molecule has 7 heteroatoms. The summed E-state index contributed by atoms with van der Waals surface area (Å²) in [7, 11) is 1.62. The molecule has 0 radical (unpaired) electrons. The summed E-state index contributed by atoms with van der Waals surface area (Å²) < 4.78 is 16.5. The smallest absolute Gasteiger partial charge is 0.242 e. The maximum atomic E-state index is 13.4. The lowest BCUT2D eigenvalue weighted by Gasteiger charge is -2.31. The van der Waals surface area contributed by atoms with Crippen LogP contribution in [-0.4, -0.2) is 49.6 Å². The van der Waals surface area contributed by atoms with Gasteiger partial charge in [-0.15, -0.1) is 0 Å². The predicted molar refractivity (Wildman–Crippen MR) is 131 cm³/mol. The second-order valence-corrected chi connectivity index (χ2v) is 8.91. The predicted octanol–water partition coefficient (Wildman–Crippen LogP) is 3.98. The minimum atomic E-state index is -0.534. The van der Waals surface area contributed by atoms with E-state index in [-0.39, 0.29) is 11.8 Å². The fraction of sp³-hybridized carbons (Fsp3) is 0.481. The Morgan fingerprint density at radius 1 is 1.03 bits per heavy atom. The van der Waals surface area contributed by atoms with Crippen LogP contribution in [0.15, 0.2) is 42.5 Å². The van der Waals surface area contributed by atoms with E-state index in [4.69, 9.17) is 14.2 Å². The number of fused-ring (bicyclic) bond motifs is 1. The van der Waals surface area contributed by atoms with Crippen LogP contribution in [0.2, 0.25) is 0 Å². The van der Waals surface area contributed by atoms with Crippen LogP contribution in [0.3, 0.4) is 0 Å². The van der Waals surface area contributed by atoms with E-state index in [1.165, 1.54) is 0 Å². The number of nitrogens with one attached hydrogen (secondary N) is 1. The van der Waals surface area contributed by atoms with Gasteiger partial charge in [0.2, 0.25) is 11.8 Å². The third kappa shape index (κ3) is 6.89. The molecule has 1 aliphatic heterocycles. The van der Waals surface area contributed by atoms with Gasteiger partial charge in [0.05, 0.1) is 7.11 Å². The first-order valence-corrected chi connectivity index (χ1v) is 12.0. The molecule has 34 heavy (non-hydrogen) atoms. The molecule has 0 aliphatic carbocycles. The normalized spacial score (nSPS) is 13.3. The van der Waals surface area contributed by atoms with Gasteiger partial charge in [-0.05, 0) is 54.2 Å². The summed E-state index contributed by atoms with van der Waals surface area (Å²) in [4.78, 5) is 28.1. The molecule has 1 N–H and O–H groups in total. The highest BCUT2D eigenvalue weighted by atomic mass is 16.6. The lowest BCUT2D eigenvalue weighted by Crippen LogP contribution is -2.49.